The predicted octanol–water partition coefficient (Wildman–Crippen LogP) is 1.10. The molecule has 8 heteroatoms. The highest BCUT2D eigenvalue weighted by molar-refractivity contribution is 5.79. The zero-order chi connectivity index (χ0) is 21.6. The molecule has 0 unspecified atom stereocenters. The number of piperidine rings is 1. The summed E-state index contributed by atoms with van der Waals surface area (Å²) in [5.74, 6) is 0.182. The molecular weight excluding hydrogens is 397 g/mol. The number of amides is 2. The third kappa shape index (κ3) is 5.74. The minimum Gasteiger partial charge on any atom is -0.366 e. The summed E-state index contributed by atoms with van der Waals surface area (Å²) in [5.41, 5.74) is 0.616. The van der Waals surface area contributed by atoms with Crippen molar-refractivity contribution in [2.75, 3.05) is 83.4 Å². The van der Waals surface area contributed by atoms with Crippen molar-refractivity contribution in [1.29, 1.82) is 0 Å². The van der Waals surface area contributed by atoms with Gasteiger partial charge in [0.25, 0.3) is 0 Å². The second-order valence-corrected chi connectivity index (χ2v) is 8.81. The van der Waals surface area contributed by atoms with E-state index < -0.39 is 0 Å². The van der Waals surface area contributed by atoms with Crippen LogP contribution in [-0.2, 0) is 9.59 Å². The molecule has 7 nitrogen and oxygen atoms in total. The normalized spacial score (nSPS) is 21.4. The van der Waals surface area contributed by atoms with Crippen molar-refractivity contribution in [3.05, 3.63) is 30.1 Å². The largest absolute Gasteiger partial charge is 0.366 e. The van der Waals surface area contributed by atoms with Gasteiger partial charge in [-0.3, -0.25) is 19.4 Å². The highest BCUT2D eigenvalue weighted by Crippen LogP contribution is 2.20. The van der Waals surface area contributed by atoms with Crippen LogP contribution >= 0.6 is 0 Å². The second kappa shape index (κ2) is 10.4. The van der Waals surface area contributed by atoms with Crippen molar-refractivity contribution in [2.24, 2.45) is 0 Å². The predicted molar refractivity (Wildman–Crippen MR) is 119 cm³/mol. The molecule has 3 aliphatic rings. The fourth-order valence-electron chi connectivity index (χ4n) is 4.74. The first-order chi connectivity index (χ1) is 15.1. The van der Waals surface area contributed by atoms with Crippen LogP contribution in [0.1, 0.15) is 19.3 Å². The molecule has 3 aliphatic heterocycles. The quantitative estimate of drug-likeness (QED) is 0.699. The Morgan fingerprint density at radius 3 is 1.74 bits per heavy atom. The van der Waals surface area contributed by atoms with Crippen molar-refractivity contribution in [3.63, 3.8) is 0 Å². The van der Waals surface area contributed by atoms with Crippen LogP contribution in [0.15, 0.2) is 24.3 Å². The molecule has 31 heavy (non-hydrogen) atoms. The van der Waals surface area contributed by atoms with E-state index in [0.29, 0.717) is 45.0 Å². The van der Waals surface area contributed by atoms with Gasteiger partial charge in [0.1, 0.15) is 5.82 Å². The second-order valence-electron chi connectivity index (χ2n) is 8.81. The Kier molecular flexibility index (Phi) is 7.40. The minimum absolute atomic E-state index is 0.144. The van der Waals surface area contributed by atoms with Crippen LogP contribution in [0.4, 0.5) is 10.1 Å². The summed E-state index contributed by atoms with van der Waals surface area (Å²) < 4.78 is 14.0. The lowest BCUT2D eigenvalue weighted by Crippen LogP contribution is -2.55. The van der Waals surface area contributed by atoms with Gasteiger partial charge in [0.2, 0.25) is 11.8 Å². The van der Waals surface area contributed by atoms with Crippen LogP contribution in [0.25, 0.3) is 0 Å². The highest BCUT2D eigenvalue weighted by atomic mass is 19.1. The summed E-state index contributed by atoms with van der Waals surface area (Å²) in [4.78, 5) is 35.5. The Hall–Kier alpha value is -2.19. The molecule has 170 valence electrons. The van der Waals surface area contributed by atoms with Gasteiger partial charge in [0.05, 0.1) is 18.8 Å². The zero-order valence-electron chi connectivity index (χ0n) is 18.3. The molecule has 1 aromatic carbocycles. The topological polar surface area (TPSA) is 50.3 Å². The Morgan fingerprint density at radius 1 is 0.677 bits per heavy atom. The molecule has 2 amide bonds. The van der Waals surface area contributed by atoms with E-state index in [-0.39, 0.29) is 17.6 Å². The van der Waals surface area contributed by atoms with E-state index in [1.807, 2.05) is 20.8 Å². The standard InChI is InChI=1S/C23H34FN5O2/c24-20-6-2-3-7-21(20)27-14-16-29(17-15-27)23(31)19-26-12-10-25(11-13-26)18-22(30)28-8-4-1-5-9-28/h2-3,6-7H,1,4-5,8-19H2. The van der Waals surface area contributed by atoms with Crippen LogP contribution in [0.3, 0.4) is 0 Å². The maximum atomic E-state index is 14.0. The van der Waals surface area contributed by atoms with E-state index in [9.17, 15) is 14.0 Å². The number of para-hydroxylation sites is 1. The lowest BCUT2D eigenvalue weighted by Gasteiger charge is -2.39. The van der Waals surface area contributed by atoms with Crippen molar-refractivity contribution < 1.29 is 14.0 Å². The van der Waals surface area contributed by atoms with Crippen LogP contribution < -0.4 is 4.90 Å². The SMILES string of the molecule is O=C(CN1CCN(CC(=O)N2CCN(c3ccccc3F)CC2)CC1)N1CCCCC1. The molecule has 0 N–H and O–H groups in total. The molecular formula is C23H34FN5O2. The van der Waals surface area contributed by atoms with E-state index in [1.54, 1.807) is 12.1 Å². The van der Waals surface area contributed by atoms with Gasteiger partial charge in [-0.25, -0.2) is 4.39 Å². The van der Waals surface area contributed by atoms with E-state index in [0.717, 1.165) is 52.1 Å². The minimum atomic E-state index is -0.209. The maximum absolute atomic E-state index is 14.0. The van der Waals surface area contributed by atoms with Crippen LogP contribution in [0.5, 0.6) is 0 Å². The number of rotatable bonds is 5. The summed E-state index contributed by atoms with van der Waals surface area (Å²) in [7, 11) is 0. The Labute approximate surface area is 184 Å². The molecule has 1 aromatic rings. The molecule has 4 rings (SSSR count). The van der Waals surface area contributed by atoms with Crippen molar-refractivity contribution in [2.45, 2.75) is 19.3 Å². The summed E-state index contributed by atoms with van der Waals surface area (Å²) >= 11 is 0. The zero-order valence-corrected chi connectivity index (χ0v) is 18.3. The summed E-state index contributed by atoms with van der Waals surface area (Å²) in [6, 6.07) is 6.81. The molecule has 0 atom stereocenters. The van der Waals surface area contributed by atoms with Gasteiger partial charge in [0, 0.05) is 65.4 Å². The summed E-state index contributed by atoms with van der Waals surface area (Å²) in [6.07, 6.45) is 3.47. The van der Waals surface area contributed by atoms with Crippen LogP contribution in [0, 0.1) is 5.82 Å². The number of piperazine rings is 2. The van der Waals surface area contributed by atoms with Gasteiger partial charge in [-0.15, -0.1) is 0 Å². The van der Waals surface area contributed by atoms with Gasteiger partial charge in [-0.05, 0) is 31.4 Å². The number of carbonyl (C=O) groups excluding carboxylic acids is 2. The van der Waals surface area contributed by atoms with Gasteiger partial charge in [-0.1, -0.05) is 12.1 Å². The first-order valence-electron chi connectivity index (χ1n) is 11.6. The van der Waals surface area contributed by atoms with E-state index in [4.69, 9.17) is 0 Å². The Morgan fingerprint density at radius 2 is 1.19 bits per heavy atom. The Bertz CT molecular complexity index is 754. The number of likely N-dealkylation sites (tertiary alicyclic amines) is 1. The van der Waals surface area contributed by atoms with Crippen LogP contribution in [-0.4, -0.2) is 110 Å². The molecule has 3 heterocycles. The van der Waals surface area contributed by atoms with Gasteiger partial charge in [0.15, 0.2) is 0 Å². The number of hydrogen-bond donors (Lipinski definition) is 0. The smallest absolute Gasteiger partial charge is 0.236 e. The van der Waals surface area contributed by atoms with Gasteiger partial charge in [-0.2, -0.15) is 0 Å². The molecule has 0 saturated carbocycles. The number of anilines is 1. The number of nitrogens with zero attached hydrogens (tertiary/aromatic N) is 5. The lowest BCUT2D eigenvalue weighted by atomic mass is 10.1. The van der Waals surface area contributed by atoms with Gasteiger partial charge >= 0.3 is 0 Å². The third-order valence-corrected chi connectivity index (χ3v) is 6.72. The first kappa shape index (κ1) is 22.0. The number of hydrogen-bond acceptors (Lipinski definition) is 5. The average molecular weight is 432 g/mol. The van der Waals surface area contributed by atoms with Crippen molar-refractivity contribution in [3.8, 4) is 0 Å². The van der Waals surface area contributed by atoms with Crippen molar-refractivity contribution >= 4 is 17.5 Å². The first-order valence-corrected chi connectivity index (χ1v) is 11.6. The number of benzene rings is 1. The summed E-state index contributed by atoms with van der Waals surface area (Å²) in [5, 5.41) is 0. The van der Waals surface area contributed by atoms with E-state index in [2.05, 4.69) is 9.80 Å². The molecule has 3 fully saturated rings. The third-order valence-electron chi connectivity index (χ3n) is 6.72. The lowest BCUT2D eigenvalue weighted by molar-refractivity contribution is -0.135. The number of carbonyl (C=O) groups is 2. The fraction of sp³-hybridized carbons (Fsp3) is 0.652. The molecule has 0 radical (unpaired) electrons. The molecule has 3 saturated heterocycles. The fourth-order valence-corrected chi connectivity index (χ4v) is 4.74. The molecule has 0 aliphatic carbocycles. The van der Waals surface area contributed by atoms with E-state index in [1.165, 1.54) is 12.5 Å². The molecule has 0 spiro atoms. The maximum Gasteiger partial charge on any atom is 0.236 e. The van der Waals surface area contributed by atoms with Crippen molar-refractivity contribution in [1.82, 2.24) is 19.6 Å². The monoisotopic (exact) mass is 431 g/mol. The average Bonchev–Trinajstić information content (AvgIpc) is 2.81. The Balaban J connectivity index is 1.17. The molecule has 0 bridgehead atoms. The summed E-state index contributed by atoms with van der Waals surface area (Å²) in [6.45, 7) is 8.56. The van der Waals surface area contributed by atoms with Crippen LogP contribution in [0.2, 0.25) is 0 Å². The highest BCUT2D eigenvalue weighted by Gasteiger charge is 2.27. The molecule has 0 aromatic heterocycles. The van der Waals surface area contributed by atoms with E-state index >= 15 is 0 Å². The number of halogens is 1. The van der Waals surface area contributed by atoms with Gasteiger partial charge < -0.3 is 14.7 Å².